The molecule has 0 unspecified atom stereocenters. The van der Waals surface area contributed by atoms with E-state index in [0.29, 0.717) is 11.6 Å². The molecule has 0 aliphatic rings. The van der Waals surface area contributed by atoms with Gasteiger partial charge in [-0.1, -0.05) is 24.9 Å². The van der Waals surface area contributed by atoms with E-state index in [9.17, 15) is 4.79 Å². The molecule has 0 atom stereocenters. The highest BCUT2D eigenvalue weighted by Crippen LogP contribution is 2.22. The average molecular weight is 311 g/mol. The van der Waals surface area contributed by atoms with Gasteiger partial charge in [0.1, 0.15) is 12.4 Å². The van der Waals surface area contributed by atoms with Gasteiger partial charge in [-0.3, -0.25) is 0 Å². The number of hydrogen-bond donors (Lipinski definition) is 1. The summed E-state index contributed by atoms with van der Waals surface area (Å²) in [5.74, 6) is -0.102. The fraction of sp³-hybridized carbons (Fsp3) is 0.385. The van der Waals surface area contributed by atoms with Gasteiger partial charge in [-0.05, 0) is 35.0 Å². The first-order valence-corrected chi connectivity index (χ1v) is 6.90. The number of aromatic carboxylic acids is 1. The normalized spacial score (nSPS) is 10.6. The molecule has 0 bridgehead atoms. The third-order valence-electron chi connectivity index (χ3n) is 2.87. The van der Waals surface area contributed by atoms with Gasteiger partial charge in [0.05, 0.1) is 10.6 Å². The predicted molar refractivity (Wildman–Crippen MR) is 75.5 cm³/mol. The molecule has 8 heteroatoms. The van der Waals surface area contributed by atoms with Crippen LogP contribution in [0.15, 0.2) is 18.2 Å². The largest absolute Gasteiger partial charge is 0.486 e. The number of rotatable bonds is 7. The Bertz CT molecular complexity index is 630. The van der Waals surface area contributed by atoms with Crippen molar-refractivity contribution in [3.63, 3.8) is 0 Å². The summed E-state index contributed by atoms with van der Waals surface area (Å²) in [5, 5.41) is 20.6. The van der Waals surface area contributed by atoms with Crippen molar-refractivity contribution < 1.29 is 14.6 Å². The summed E-state index contributed by atoms with van der Waals surface area (Å²) in [5.41, 5.74) is -0.000239. The lowest BCUT2D eigenvalue weighted by molar-refractivity contribution is 0.0696. The molecular formula is C13H15ClN4O3. The average Bonchev–Trinajstić information content (AvgIpc) is 2.91. The molecule has 112 valence electrons. The number of nitrogens with zero attached hydrogens (tertiary/aromatic N) is 4. The first-order chi connectivity index (χ1) is 10.1. The van der Waals surface area contributed by atoms with E-state index >= 15 is 0 Å². The summed E-state index contributed by atoms with van der Waals surface area (Å²) in [6.07, 6.45) is 2.02. The quantitative estimate of drug-likeness (QED) is 0.844. The van der Waals surface area contributed by atoms with Crippen LogP contribution in [0.3, 0.4) is 0 Å². The van der Waals surface area contributed by atoms with Crippen LogP contribution in [0.5, 0.6) is 5.75 Å². The van der Waals surface area contributed by atoms with E-state index in [0.717, 1.165) is 19.4 Å². The first-order valence-electron chi connectivity index (χ1n) is 6.52. The minimum absolute atomic E-state index is 0.000239. The Balaban J connectivity index is 2.05. The molecule has 0 aliphatic heterocycles. The number of aromatic nitrogens is 4. The van der Waals surface area contributed by atoms with Gasteiger partial charge in [0.2, 0.25) is 0 Å². The van der Waals surface area contributed by atoms with E-state index < -0.39 is 5.97 Å². The van der Waals surface area contributed by atoms with Crippen molar-refractivity contribution >= 4 is 17.6 Å². The van der Waals surface area contributed by atoms with E-state index in [2.05, 4.69) is 22.4 Å². The molecule has 0 fully saturated rings. The molecule has 0 saturated heterocycles. The zero-order valence-electron chi connectivity index (χ0n) is 11.5. The summed E-state index contributed by atoms with van der Waals surface area (Å²) in [6, 6.07) is 4.47. The van der Waals surface area contributed by atoms with Crippen LogP contribution in [0.2, 0.25) is 5.02 Å². The summed E-state index contributed by atoms with van der Waals surface area (Å²) in [6.45, 7) is 2.97. The maximum Gasteiger partial charge on any atom is 0.337 e. The summed E-state index contributed by atoms with van der Waals surface area (Å²) >= 11 is 5.80. The van der Waals surface area contributed by atoms with Gasteiger partial charge < -0.3 is 9.84 Å². The molecule has 7 nitrogen and oxygen atoms in total. The van der Waals surface area contributed by atoms with Crippen LogP contribution in [-0.2, 0) is 13.2 Å². The Kier molecular flexibility index (Phi) is 5.10. The minimum atomic E-state index is -1.10. The maximum absolute atomic E-state index is 11.0. The molecule has 21 heavy (non-hydrogen) atoms. The van der Waals surface area contributed by atoms with Crippen LogP contribution in [0.1, 0.15) is 35.9 Å². The van der Waals surface area contributed by atoms with E-state index in [4.69, 9.17) is 21.4 Å². The molecule has 1 heterocycles. The van der Waals surface area contributed by atoms with Crippen LogP contribution in [0.4, 0.5) is 0 Å². The number of carboxylic acid groups (broad SMARTS) is 1. The number of tetrazole rings is 1. The Labute approximate surface area is 126 Å². The van der Waals surface area contributed by atoms with E-state index in [-0.39, 0.29) is 17.2 Å². The van der Waals surface area contributed by atoms with Gasteiger partial charge in [-0.15, -0.1) is 5.10 Å². The van der Waals surface area contributed by atoms with Crippen LogP contribution >= 0.6 is 11.6 Å². The van der Waals surface area contributed by atoms with Crippen molar-refractivity contribution in [2.24, 2.45) is 0 Å². The summed E-state index contributed by atoms with van der Waals surface area (Å²) in [4.78, 5) is 11.0. The molecule has 1 N–H and O–H groups in total. The lowest BCUT2D eigenvalue weighted by Crippen LogP contribution is -2.09. The Hall–Kier alpha value is -2.15. The van der Waals surface area contributed by atoms with Gasteiger partial charge in [-0.2, -0.15) is 0 Å². The number of unbranched alkanes of at least 4 members (excludes halogenated alkanes) is 1. The third kappa shape index (κ3) is 3.91. The van der Waals surface area contributed by atoms with Crippen molar-refractivity contribution in [1.82, 2.24) is 20.2 Å². The maximum atomic E-state index is 11.0. The van der Waals surface area contributed by atoms with Crippen LogP contribution in [0.25, 0.3) is 0 Å². The highest BCUT2D eigenvalue weighted by Gasteiger charge is 2.11. The molecule has 0 spiro atoms. The van der Waals surface area contributed by atoms with Crippen molar-refractivity contribution in [1.29, 1.82) is 0 Å². The third-order valence-corrected chi connectivity index (χ3v) is 3.20. The molecule has 1 aromatic carbocycles. The summed E-state index contributed by atoms with van der Waals surface area (Å²) < 4.78 is 7.21. The number of aryl methyl sites for hydroxylation is 1. The van der Waals surface area contributed by atoms with Crippen LogP contribution in [0, 0.1) is 0 Å². The number of hydrogen-bond acceptors (Lipinski definition) is 5. The Morgan fingerprint density at radius 1 is 1.48 bits per heavy atom. The molecule has 1 aromatic heterocycles. The highest BCUT2D eigenvalue weighted by atomic mass is 35.5. The fourth-order valence-corrected chi connectivity index (χ4v) is 1.91. The standard InChI is InChI=1S/C13H15ClN4O3/c1-2-3-6-18-12(15-16-17-18)8-21-9-4-5-11(14)10(7-9)13(19)20/h4-5,7H,2-3,6,8H2,1H3,(H,19,20). The van der Waals surface area contributed by atoms with Gasteiger partial charge in [0.15, 0.2) is 5.82 Å². The highest BCUT2D eigenvalue weighted by molar-refractivity contribution is 6.33. The lowest BCUT2D eigenvalue weighted by atomic mass is 10.2. The second-order valence-corrected chi connectivity index (χ2v) is 4.81. The molecule has 2 rings (SSSR count). The zero-order valence-corrected chi connectivity index (χ0v) is 12.2. The second kappa shape index (κ2) is 7.03. The number of halogens is 1. The predicted octanol–water partition coefficient (Wildman–Crippen LogP) is 2.40. The molecule has 2 aromatic rings. The minimum Gasteiger partial charge on any atom is -0.486 e. The first kappa shape index (κ1) is 15.2. The fourth-order valence-electron chi connectivity index (χ4n) is 1.71. The Morgan fingerprint density at radius 3 is 3.00 bits per heavy atom. The van der Waals surface area contributed by atoms with Gasteiger partial charge >= 0.3 is 5.97 Å². The smallest absolute Gasteiger partial charge is 0.337 e. The number of carbonyl (C=O) groups is 1. The van der Waals surface area contributed by atoms with Gasteiger partial charge in [0.25, 0.3) is 0 Å². The van der Waals surface area contributed by atoms with Crippen molar-refractivity contribution in [2.75, 3.05) is 0 Å². The second-order valence-electron chi connectivity index (χ2n) is 4.41. The number of ether oxygens (including phenoxy) is 1. The van der Waals surface area contributed by atoms with Crippen LogP contribution < -0.4 is 4.74 Å². The van der Waals surface area contributed by atoms with Gasteiger partial charge in [0, 0.05) is 6.54 Å². The molecule has 0 saturated carbocycles. The number of benzene rings is 1. The topological polar surface area (TPSA) is 90.1 Å². The van der Waals surface area contributed by atoms with Crippen molar-refractivity contribution in [3.8, 4) is 5.75 Å². The van der Waals surface area contributed by atoms with Crippen molar-refractivity contribution in [3.05, 3.63) is 34.6 Å². The monoisotopic (exact) mass is 310 g/mol. The lowest BCUT2D eigenvalue weighted by Gasteiger charge is -2.08. The van der Waals surface area contributed by atoms with Crippen LogP contribution in [-0.4, -0.2) is 31.3 Å². The molecule has 0 amide bonds. The van der Waals surface area contributed by atoms with E-state index in [1.54, 1.807) is 10.7 Å². The SMILES string of the molecule is CCCCn1nnnc1COc1ccc(Cl)c(C(=O)O)c1. The number of carboxylic acids is 1. The van der Waals surface area contributed by atoms with Gasteiger partial charge in [-0.25, -0.2) is 9.48 Å². The zero-order chi connectivity index (χ0) is 15.2. The summed E-state index contributed by atoms with van der Waals surface area (Å²) in [7, 11) is 0. The molecule has 0 aliphatic carbocycles. The van der Waals surface area contributed by atoms with E-state index in [1.165, 1.54) is 12.1 Å². The van der Waals surface area contributed by atoms with Crippen molar-refractivity contribution in [2.45, 2.75) is 32.9 Å². The molecule has 0 radical (unpaired) electrons. The molecular weight excluding hydrogens is 296 g/mol. The van der Waals surface area contributed by atoms with E-state index in [1.807, 2.05) is 0 Å². The Morgan fingerprint density at radius 2 is 2.29 bits per heavy atom.